The lowest BCUT2D eigenvalue weighted by molar-refractivity contribution is 0.357. The Labute approximate surface area is 104 Å². The molecule has 0 aliphatic carbocycles. The van der Waals surface area contributed by atoms with Crippen molar-refractivity contribution in [3.05, 3.63) is 29.3 Å². The number of fused-ring (bicyclic) bond motifs is 1. The number of ether oxygens (including phenoxy) is 1. The van der Waals surface area contributed by atoms with E-state index in [1.807, 2.05) is 0 Å². The van der Waals surface area contributed by atoms with E-state index in [9.17, 15) is 0 Å². The summed E-state index contributed by atoms with van der Waals surface area (Å²) >= 11 is 0. The molecular weight excluding hydrogens is 210 g/mol. The van der Waals surface area contributed by atoms with Gasteiger partial charge in [-0.25, -0.2) is 0 Å². The van der Waals surface area contributed by atoms with Crippen molar-refractivity contribution in [3.63, 3.8) is 0 Å². The smallest absolute Gasteiger partial charge is 0.122 e. The third-order valence-corrected chi connectivity index (χ3v) is 3.13. The Bertz CT molecular complexity index is 360. The second kappa shape index (κ2) is 6.06. The van der Waals surface area contributed by atoms with Gasteiger partial charge < -0.3 is 10.1 Å². The zero-order valence-electron chi connectivity index (χ0n) is 11.0. The van der Waals surface area contributed by atoms with Crippen molar-refractivity contribution in [2.24, 2.45) is 5.92 Å². The van der Waals surface area contributed by atoms with Gasteiger partial charge in [-0.15, -0.1) is 0 Å². The fourth-order valence-corrected chi connectivity index (χ4v) is 2.20. The van der Waals surface area contributed by atoms with E-state index >= 15 is 0 Å². The molecule has 1 N–H and O–H groups in total. The maximum atomic E-state index is 5.51. The molecule has 0 amide bonds. The molecule has 1 aromatic carbocycles. The van der Waals surface area contributed by atoms with E-state index in [0.717, 1.165) is 37.8 Å². The molecule has 0 saturated carbocycles. The van der Waals surface area contributed by atoms with Crippen molar-refractivity contribution in [2.75, 3.05) is 19.7 Å². The summed E-state index contributed by atoms with van der Waals surface area (Å²) in [6.45, 7) is 7.58. The third kappa shape index (κ3) is 3.74. The Morgan fingerprint density at radius 3 is 3.06 bits per heavy atom. The third-order valence-electron chi connectivity index (χ3n) is 3.13. The van der Waals surface area contributed by atoms with Crippen LogP contribution in [0, 0.1) is 5.92 Å². The standard InChI is InChI=1S/C15H23NO/c1-12(2)11-16-8-3-4-13-5-6-15-14(10-13)7-9-17-15/h5-6,10,12,16H,3-4,7-9,11H2,1-2H3. The summed E-state index contributed by atoms with van der Waals surface area (Å²) < 4.78 is 5.51. The molecule has 0 saturated heterocycles. The summed E-state index contributed by atoms with van der Waals surface area (Å²) in [5.41, 5.74) is 2.83. The lowest BCUT2D eigenvalue weighted by Crippen LogP contribution is -2.21. The molecule has 1 aliphatic heterocycles. The highest BCUT2D eigenvalue weighted by molar-refractivity contribution is 5.39. The van der Waals surface area contributed by atoms with Gasteiger partial charge in [0.25, 0.3) is 0 Å². The van der Waals surface area contributed by atoms with Crippen LogP contribution in [0.3, 0.4) is 0 Å². The number of hydrogen-bond donors (Lipinski definition) is 1. The van der Waals surface area contributed by atoms with E-state index in [4.69, 9.17) is 4.74 Å². The van der Waals surface area contributed by atoms with Crippen molar-refractivity contribution in [3.8, 4) is 5.75 Å². The normalized spacial score (nSPS) is 13.8. The molecule has 0 spiro atoms. The van der Waals surface area contributed by atoms with Crippen LogP contribution in [0.5, 0.6) is 5.75 Å². The van der Waals surface area contributed by atoms with Gasteiger partial charge in [-0.1, -0.05) is 26.0 Å². The van der Waals surface area contributed by atoms with E-state index in [0.29, 0.717) is 0 Å². The summed E-state index contributed by atoms with van der Waals surface area (Å²) in [6.07, 6.45) is 3.46. The molecule has 2 rings (SSSR count). The fraction of sp³-hybridized carbons (Fsp3) is 0.600. The number of aryl methyl sites for hydroxylation is 1. The monoisotopic (exact) mass is 233 g/mol. The van der Waals surface area contributed by atoms with Crippen molar-refractivity contribution < 1.29 is 4.74 Å². The van der Waals surface area contributed by atoms with E-state index < -0.39 is 0 Å². The minimum absolute atomic E-state index is 0.743. The minimum Gasteiger partial charge on any atom is -0.493 e. The molecule has 94 valence electrons. The Kier molecular flexibility index (Phi) is 4.43. The maximum absolute atomic E-state index is 5.51. The molecule has 0 unspecified atom stereocenters. The van der Waals surface area contributed by atoms with E-state index in [-0.39, 0.29) is 0 Å². The van der Waals surface area contributed by atoms with Crippen LogP contribution in [0.4, 0.5) is 0 Å². The summed E-state index contributed by atoms with van der Waals surface area (Å²) in [5, 5.41) is 3.48. The molecule has 1 aromatic rings. The lowest BCUT2D eigenvalue weighted by atomic mass is 10.0. The SMILES string of the molecule is CC(C)CNCCCc1ccc2c(c1)CCO2. The molecular formula is C15H23NO. The van der Waals surface area contributed by atoms with Crippen LogP contribution in [0.15, 0.2) is 18.2 Å². The Morgan fingerprint density at radius 1 is 1.35 bits per heavy atom. The molecule has 0 bridgehead atoms. The first-order valence-corrected chi connectivity index (χ1v) is 6.71. The van der Waals surface area contributed by atoms with Crippen LogP contribution in [-0.2, 0) is 12.8 Å². The van der Waals surface area contributed by atoms with Crippen molar-refractivity contribution in [1.29, 1.82) is 0 Å². The van der Waals surface area contributed by atoms with Gasteiger partial charge in [0.15, 0.2) is 0 Å². The summed E-state index contributed by atoms with van der Waals surface area (Å²) in [7, 11) is 0. The Hall–Kier alpha value is -1.02. The van der Waals surface area contributed by atoms with Gasteiger partial charge in [-0.3, -0.25) is 0 Å². The largest absolute Gasteiger partial charge is 0.493 e. The molecule has 0 fully saturated rings. The quantitative estimate of drug-likeness (QED) is 0.763. The second-order valence-electron chi connectivity index (χ2n) is 5.24. The van der Waals surface area contributed by atoms with Crippen LogP contribution in [0.25, 0.3) is 0 Å². The van der Waals surface area contributed by atoms with E-state index in [1.54, 1.807) is 0 Å². The first-order valence-electron chi connectivity index (χ1n) is 6.71. The zero-order valence-corrected chi connectivity index (χ0v) is 11.0. The molecule has 2 heteroatoms. The average molecular weight is 233 g/mol. The van der Waals surface area contributed by atoms with E-state index in [2.05, 4.69) is 37.4 Å². The van der Waals surface area contributed by atoms with Gasteiger partial charge >= 0.3 is 0 Å². The van der Waals surface area contributed by atoms with Crippen LogP contribution >= 0.6 is 0 Å². The van der Waals surface area contributed by atoms with Crippen LogP contribution in [0.2, 0.25) is 0 Å². The zero-order chi connectivity index (χ0) is 12.1. The van der Waals surface area contributed by atoms with Gasteiger partial charge in [-0.2, -0.15) is 0 Å². The van der Waals surface area contributed by atoms with Gasteiger partial charge in [0.05, 0.1) is 6.61 Å². The highest BCUT2D eigenvalue weighted by atomic mass is 16.5. The Balaban J connectivity index is 1.72. The van der Waals surface area contributed by atoms with Crippen molar-refractivity contribution >= 4 is 0 Å². The van der Waals surface area contributed by atoms with Crippen LogP contribution in [-0.4, -0.2) is 19.7 Å². The summed E-state index contributed by atoms with van der Waals surface area (Å²) in [4.78, 5) is 0. The predicted molar refractivity (Wildman–Crippen MR) is 71.7 cm³/mol. The lowest BCUT2D eigenvalue weighted by Gasteiger charge is -2.07. The molecule has 2 nitrogen and oxygen atoms in total. The summed E-state index contributed by atoms with van der Waals surface area (Å²) in [5.74, 6) is 1.83. The second-order valence-corrected chi connectivity index (χ2v) is 5.24. The fourth-order valence-electron chi connectivity index (χ4n) is 2.20. The topological polar surface area (TPSA) is 21.3 Å². The molecule has 0 aromatic heterocycles. The van der Waals surface area contributed by atoms with Gasteiger partial charge in [0.1, 0.15) is 5.75 Å². The Morgan fingerprint density at radius 2 is 2.24 bits per heavy atom. The van der Waals surface area contributed by atoms with Gasteiger partial charge in [0, 0.05) is 6.42 Å². The highest BCUT2D eigenvalue weighted by Crippen LogP contribution is 2.26. The molecule has 1 aliphatic rings. The molecule has 1 heterocycles. The number of rotatable bonds is 6. The van der Waals surface area contributed by atoms with Crippen molar-refractivity contribution in [2.45, 2.75) is 33.1 Å². The molecule has 17 heavy (non-hydrogen) atoms. The molecule has 0 atom stereocenters. The first kappa shape index (κ1) is 12.4. The first-order chi connectivity index (χ1) is 8.25. The van der Waals surface area contributed by atoms with Crippen LogP contribution < -0.4 is 10.1 Å². The predicted octanol–water partition coefficient (Wildman–Crippen LogP) is 2.80. The van der Waals surface area contributed by atoms with Crippen molar-refractivity contribution in [1.82, 2.24) is 5.32 Å². The van der Waals surface area contributed by atoms with Gasteiger partial charge in [-0.05, 0) is 49.0 Å². The average Bonchev–Trinajstić information content (AvgIpc) is 2.75. The van der Waals surface area contributed by atoms with Gasteiger partial charge in [0.2, 0.25) is 0 Å². The summed E-state index contributed by atoms with van der Waals surface area (Å²) in [6, 6.07) is 6.64. The minimum atomic E-state index is 0.743. The highest BCUT2D eigenvalue weighted by Gasteiger charge is 2.11. The molecule has 0 radical (unpaired) electrons. The van der Waals surface area contributed by atoms with Crippen LogP contribution in [0.1, 0.15) is 31.4 Å². The number of nitrogens with one attached hydrogen (secondary N) is 1. The number of benzene rings is 1. The number of hydrogen-bond acceptors (Lipinski definition) is 2. The maximum Gasteiger partial charge on any atom is 0.122 e. The van der Waals surface area contributed by atoms with E-state index in [1.165, 1.54) is 24.0 Å².